The lowest BCUT2D eigenvalue weighted by atomic mass is 9.80. The fourth-order valence-corrected chi connectivity index (χ4v) is 6.23. The Morgan fingerprint density at radius 1 is 0.784 bits per heavy atom. The van der Waals surface area contributed by atoms with Gasteiger partial charge in [0.15, 0.2) is 23.0 Å². The fraction of sp³-hybridized carbons (Fsp3) is 0.517. The van der Waals surface area contributed by atoms with Crippen LogP contribution in [0.25, 0.3) is 0 Å². The van der Waals surface area contributed by atoms with E-state index in [0.717, 1.165) is 74.7 Å². The summed E-state index contributed by atoms with van der Waals surface area (Å²) in [7, 11) is 6.86. The fourth-order valence-electron chi connectivity index (χ4n) is 6.23. The molecule has 0 saturated carbocycles. The van der Waals surface area contributed by atoms with Crippen LogP contribution in [0.2, 0.25) is 0 Å². The number of hydrogen-bond acceptors (Lipinski definition) is 6. The molecule has 8 heteroatoms. The minimum Gasteiger partial charge on any atom is -0.493 e. The highest BCUT2D eigenvalue weighted by Crippen LogP contribution is 2.46. The van der Waals surface area contributed by atoms with E-state index in [1.807, 2.05) is 0 Å². The van der Waals surface area contributed by atoms with Crippen molar-refractivity contribution >= 4 is 24.8 Å². The van der Waals surface area contributed by atoms with Gasteiger partial charge in [-0.15, -0.1) is 24.8 Å². The topological polar surface area (TPSA) is 52.2 Å². The van der Waals surface area contributed by atoms with Gasteiger partial charge in [0.1, 0.15) is 0 Å². The van der Waals surface area contributed by atoms with Gasteiger partial charge >= 0.3 is 0 Å². The number of nitrogens with one attached hydrogen (secondary N) is 1. The van der Waals surface area contributed by atoms with Crippen LogP contribution in [0.15, 0.2) is 35.4 Å². The molecule has 2 atom stereocenters. The first-order chi connectivity index (χ1) is 17.1. The van der Waals surface area contributed by atoms with E-state index in [4.69, 9.17) is 18.9 Å². The van der Waals surface area contributed by atoms with Crippen LogP contribution in [-0.2, 0) is 12.8 Å². The Labute approximate surface area is 233 Å². The van der Waals surface area contributed by atoms with Crippen LogP contribution in [0.4, 0.5) is 0 Å². The van der Waals surface area contributed by atoms with Gasteiger partial charge in [-0.05, 0) is 85.2 Å². The molecular weight excluding hydrogens is 511 g/mol. The first-order valence-corrected chi connectivity index (χ1v) is 12.8. The Kier molecular flexibility index (Phi) is 10.0. The van der Waals surface area contributed by atoms with Crippen molar-refractivity contribution in [2.24, 2.45) is 0 Å². The highest BCUT2D eigenvalue weighted by molar-refractivity contribution is 5.85. The third-order valence-electron chi connectivity index (χ3n) is 8.13. The molecule has 0 fully saturated rings. The molecule has 0 aliphatic carbocycles. The summed E-state index contributed by atoms with van der Waals surface area (Å²) < 4.78 is 22.5. The van der Waals surface area contributed by atoms with Gasteiger partial charge in [-0.1, -0.05) is 18.1 Å². The molecule has 3 aliphatic heterocycles. The number of rotatable bonds is 7. The van der Waals surface area contributed by atoms with E-state index in [2.05, 4.69) is 41.4 Å². The Bertz CT molecular complexity index is 1140. The zero-order valence-electron chi connectivity index (χ0n) is 22.5. The quantitative estimate of drug-likeness (QED) is 0.436. The second-order valence-corrected chi connectivity index (χ2v) is 9.77. The zero-order valence-corrected chi connectivity index (χ0v) is 24.2. The number of ether oxygens (including phenoxy) is 4. The molecule has 0 saturated heterocycles. The van der Waals surface area contributed by atoms with E-state index in [0.29, 0.717) is 6.04 Å². The molecule has 0 amide bonds. The molecule has 37 heavy (non-hydrogen) atoms. The Morgan fingerprint density at radius 2 is 1.35 bits per heavy atom. The lowest BCUT2D eigenvalue weighted by Crippen LogP contribution is -2.40. The molecular formula is C29H40Cl2N2O4. The maximum Gasteiger partial charge on any atom is 0.161 e. The summed E-state index contributed by atoms with van der Waals surface area (Å²) in [6.45, 7) is 5.43. The van der Waals surface area contributed by atoms with Crippen LogP contribution >= 0.6 is 24.8 Å². The Hall–Kier alpha value is -2.12. The number of nitrogens with zero attached hydrogens (tertiary/aromatic N) is 1. The molecule has 204 valence electrons. The second kappa shape index (κ2) is 12.6. The molecule has 1 N–H and O–H groups in total. The summed E-state index contributed by atoms with van der Waals surface area (Å²) in [5, 5.41) is 3.80. The van der Waals surface area contributed by atoms with Gasteiger partial charge in [0, 0.05) is 25.2 Å². The third-order valence-corrected chi connectivity index (χ3v) is 8.13. The molecule has 2 unspecified atom stereocenters. The monoisotopic (exact) mass is 550 g/mol. The molecule has 3 heterocycles. The smallest absolute Gasteiger partial charge is 0.161 e. The maximum atomic E-state index is 5.66. The van der Waals surface area contributed by atoms with Gasteiger partial charge in [0.05, 0.1) is 28.4 Å². The second-order valence-electron chi connectivity index (χ2n) is 9.77. The molecule has 5 rings (SSSR count). The predicted octanol–water partition coefficient (Wildman–Crippen LogP) is 5.85. The van der Waals surface area contributed by atoms with E-state index in [-0.39, 0.29) is 30.9 Å². The van der Waals surface area contributed by atoms with Gasteiger partial charge in [0.2, 0.25) is 0 Å². The SMILES string of the molecule is CCC1=C(CC2NCCc3cc(OC)c(OC)cc32)CC2c3cc(OC)c(OC)cc3CCN2C1.Cl.Cl. The lowest BCUT2D eigenvalue weighted by molar-refractivity contribution is 0.181. The molecule has 0 aromatic heterocycles. The normalized spacial score (nSPS) is 20.5. The molecule has 0 radical (unpaired) electrons. The Morgan fingerprint density at radius 3 is 1.95 bits per heavy atom. The van der Waals surface area contributed by atoms with Crippen LogP contribution < -0.4 is 24.3 Å². The highest BCUT2D eigenvalue weighted by atomic mass is 35.5. The van der Waals surface area contributed by atoms with Crippen molar-refractivity contribution in [3.05, 3.63) is 57.7 Å². The predicted molar refractivity (Wildman–Crippen MR) is 153 cm³/mol. The molecule has 2 aromatic rings. The van der Waals surface area contributed by atoms with Gasteiger partial charge in [-0.2, -0.15) is 0 Å². The number of fused-ring (bicyclic) bond motifs is 4. The van der Waals surface area contributed by atoms with Crippen LogP contribution in [0.3, 0.4) is 0 Å². The number of hydrogen-bond donors (Lipinski definition) is 1. The van der Waals surface area contributed by atoms with E-state index < -0.39 is 0 Å². The van der Waals surface area contributed by atoms with Gasteiger partial charge in [-0.25, -0.2) is 0 Å². The highest BCUT2D eigenvalue weighted by Gasteiger charge is 2.35. The number of halogens is 2. The summed E-state index contributed by atoms with van der Waals surface area (Å²) in [6, 6.07) is 9.41. The molecule has 6 nitrogen and oxygen atoms in total. The van der Waals surface area contributed by atoms with E-state index >= 15 is 0 Å². The number of methoxy groups -OCH3 is 4. The average Bonchev–Trinajstić information content (AvgIpc) is 2.91. The standard InChI is InChI=1S/C29H38N2O4.2ClH/c1-6-18-17-31-10-8-20-14-27(33-3)29(35-5)16-23(20)25(31)12-21(18)11-24-22-15-28(34-4)26(32-2)13-19(22)7-9-30-24;;/h13-16,24-25,30H,6-12,17H2,1-5H3;2*1H. The van der Waals surface area contributed by atoms with E-state index in [1.54, 1.807) is 39.6 Å². The van der Waals surface area contributed by atoms with Gasteiger partial charge in [-0.3, -0.25) is 4.90 Å². The van der Waals surface area contributed by atoms with Crippen LogP contribution in [0.1, 0.15) is 60.5 Å². The average molecular weight is 552 g/mol. The van der Waals surface area contributed by atoms with Crippen LogP contribution in [0, 0.1) is 0 Å². The van der Waals surface area contributed by atoms with Crippen LogP contribution in [-0.4, -0.2) is 53.0 Å². The summed E-state index contributed by atoms with van der Waals surface area (Å²) in [5.74, 6) is 3.27. The van der Waals surface area contributed by atoms with E-state index in [9.17, 15) is 0 Å². The van der Waals surface area contributed by atoms with Gasteiger partial charge < -0.3 is 24.3 Å². The molecule has 0 spiro atoms. The van der Waals surface area contributed by atoms with Gasteiger partial charge in [0.25, 0.3) is 0 Å². The summed E-state index contributed by atoms with van der Waals surface area (Å²) in [6.07, 6.45) is 5.25. The largest absolute Gasteiger partial charge is 0.493 e. The molecule has 0 bridgehead atoms. The van der Waals surface area contributed by atoms with Crippen molar-refractivity contribution in [3.63, 3.8) is 0 Å². The molecule has 3 aliphatic rings. The van der Waals surface area contributed by atoms with Crippen molar-refractivity contribution in [1.29, 1.82) is 0 Å². The summed E-state index contributed by atoms with van der Waals surface area (Å²) in [5.41, 5.74) is 8.68. The maximum absolute atomic E-state index is 5.66. The van der Waals surface area contributed by atoms with Crippen molar-refractivity contribution in [1.82, 2.24) is 10.2 Å². The number of benzene rings is 2. The van der Waals surface area contributed by atoms with E-state index in [1.165, 1.54) is 22.3 Å². The summed E-state index contributed by atoms with van der Waals surface area (Å²) >= 11 is 0. The minimum absolute atomic E-state index is 0. The Balaban J connectivity index is 0.00000190. The van der Waals surface area contributed by atoms with Crippen LogP contribution in [0.5, 0.6) is 23.0 Å². The van der Waals surface area contributed by atoms with Crippen molar-refractivity contribution in [2.45, 2.75) is 51.1 Å². The van der Waals surface area contributed by atoms with Crippen molar-refractivity contribution < 1.29 is 18.9 Å². The first-order valence-electron chi connectivity index (χ1n) is 12.8. The summed E-state index contributed by atoms with van der Waals surface area (Å²) in [4.78, 5) is 2.66. The third kappa shape index (κ3) is 5.53. The molecule has 2 aromatic carbocycles. The zero-order chi connectivity index (χ0) is 24.5. The lowest BCUT2D eigenvalue weighted by Gasteiger charge is -2.43. The minimum atomic E-state index is 0. The van der Waals surface area contributed by atoms with Crippen molar-refractivity contribution in [3.8, 4) is 23.0 Å². The first kappa shape index (κ1) is 29.4. The van der Waals surface area contributed by atoms with Crippen molar-refractivity contribution in [2.75, 3.05) is 48.1 Å².